The summed E-state index contributed by atoms with van der Waals surface area (Å²) < 4.78 is 1.95. The van der Waals surface area contributed by atoms with Crippen molar-refractivity contribution in [1.82, 2.24) is 19.7 Å². The lowest BCUT2D eigenvalue weighted by Gasteiger charge is -2.27. The molecule has 3 N–H and O–H groups in total. The third-order valence-corrected chi connectivity index (χ3v) is 5.50. The molecule has 2 aromatic rings. The van der Waals surface area contributed by atoms with Gasteiger partial charge in [-0.25, -0.2) is 9.67 Å². The second-order valence-electron chi connectivity index (χ2n) is 7.27. The number of aromatic nitrogens is 4. The van der Waals surface area contributed by atoms with Crippen molar-refractivity contribution in [2.45, 2.75) is 69.9 Å². The van der Waals surface area contributed by atoms with Gasteiger partial charge in [-0.05, 0) is 31.6 Å². The topological polar surface area (TPSA) is 89.6 Å². The van der Waals surface area contributed by atoms with Crippen molar-refractivity contribution in [2.24, 2.45) is 11.7 Å². The number of fused-ring (bicyclic) bond motifs is 1. The maximum absolute atomic E-state index is 12.4. The van der Waals surface area contributed by atoms with Crippen LogP contribution in [0.25, 0.3) is 11.0 Å². The summed E-state index contributed by atoms with van der Waals surface area (Å²) in [5.74, 6) is 1.48. The van der Waals surface area contributed by atoms with Crippen molar-refractivity contribution >= 4 is 11.0 Å². The Morgan fingerprint density at radius 2 is 2.04 bits per heavy atom. The lowest BCUT2D eigenvalue weighted by molar-refractivity contribution is 0.305. The van der Waals surface area contributed by atoms with Crippen molar-refractivity contribution in [2.75, 3.05) is 0 Å². The van der Waals surface area contributed by atoms with Crippen LogP contribution in [0.4, 0.5) is 0 Å². The van der Waals surface area contributed by atoms with E-state index >= 15 is 0 Å². The van der Waals surface area contributed by atoms with Gasteiger partial charge in [0.2, 0.25) is 0 Å². The molecule has 0 spiro atoms. The van der Waals surface area contributed by atoms with Crippen molar-refractivity contribution in [3.8, 4) is 0 Å². The Labute approximate surface area is 135 Å². The molecule has 2 heterocycles. The molecule has 2 atom stereocenters. The summed E-state index contributed by atoms with van der Waals surface area (Å²) in [6, 6.07) is 0.498. The summed E-state index contributed by atoms with van der Waals surface area (Å²) >= 11 is 0. The summed E-state index contributed by atoms with van der Waals surface area (Å²) in [6.07, 6.45) is 11.8. The van der Waals surface area contributed by atoms with Gasteiger partial charge in [0, 0.05) is 12.5 Å². The van der Waals surface area contributed by atoms with Crippen LogP contribution in [0.3, 0.4) is 0 Å². The predicted octanol–water partition coefficient (Wildman–Crippen LogP) is 2.29. The van der Waals surface area contributed by atoms with E-state index in [0.717, 1.165) is 43.6 Å². The molecule has 0 saturated heterocycles. The smallest absolute Gasteiger partial charge is 0.262 e. The highest BCUT2D eigenvalue weighted by molar-refractivity contribution is 5.73. The molecule has 2 aliphatic rings. The van der Waals surface area contributed by atoms with Crippen LogP contribution in [0, 0.1) is 5.92 Å². The summed E-state index contributed by atoms with van der Waals surface area (Å²) in [5.41, 5.74) is 6.79. The van der Waals surface area contributed by atoms with Crippen LogP contribution in [-0.4, -0.2) is 25.8 Å². The summed E-state index contributed by atoms with van der Waals surface area (Å²) in [5, 5.41) is 5.06. The first-order valence-electron chi connectivity index (χ1n) is 8.92. The van der Waals surface area contributed by atoms with E-state index in [9.17, 15) is 4.79 Å². The fraction of sp³-hybridized carbons (Fsp3) is 0.706. The zero-order valence-electron chi connectivity index (χ0n) is 13.5. The Kier molecular flexibility index (Phi) is 3.93. The van der Waals surface area contributed by atoms with Gasteiger partial charge in [0.15, 0.2) is 5.65 Å². The van der Waals surface area contributed by atoms with E-state index in [4.69, 9.17) is 10.7 Å². The van der Waals surface area contributed by atoms with Crippen LogP contribution < -0.4 is 11.3 Å². The SMILES string of the molecule is N[C@H]1CCC[C@@H](n2ncc3c(=O)[nH]c(CC4CCCC4)nc32)C1. The fourth-order valence-electron chi connectivity index (χ4n) is 4.26. The lowest BCUT2D eigenvalue weighted by atomic mass is 9.92. The Morgan fingerprint density at radius 1 is 1.22 bits per heavy atom. The highest BCUT2D eigenvalue weighted by Gasteiger charge is 2.24. The van der Waals surface area contributed by atoms with E-state index in [1.807, 2.05) is 4.68 Å². The molecule has 124 valence electrons. The number of hydrogen-bond donors (Lipinski definition) is 2. The first-order chi connectivity index (χ1) is 11.2. The molecule has 0 amide bonds. The van der Waals surface area contributed by atoms with E-state index in [-0.39, 0.29) is 17.6 Å². The van der Waals surface area contributed by atoms with Crippen molar-refractivity contribution < 1.29 is 0 Å². The van der Waals surface area contributed by atoms with Gasteiger partial charge in [-0.1, -0.05) is 25.7 Å². The molecular formula is C17H25N5O. The lowest BCUT2D eigenvalue weighted by Crippen LogP contribution is -2.30. The average molecular weight is 315 g/mol. The zero-order chi connectivity index (χ0) is 15.8. The maximum atomic E-state index is 12.4. The highest BCUT2D eigenvalue weighted by atomic mass is 16.1. The normalized spacial score (nSPS) is 26.1. The quantitative estimate of drug-likeness (QED) is 0.909. The van der Waals surface area contributed by atoms with Gasteiger partial charge in [0.05, 0.1) is 12.2 Å². The van der Waals surface area contributed by atoms with Crippen LogP contribution in [0.1, 0.15) is 63.2 Å². The molecule has 0 aliphatic heterocycles. The van der Waals surface area contributed by atoms with Crippen LogP contribution in [0.15, 0.2) is 11.0 Å². The van der Waals surface area contributed by atoms with E-state index in [1.54, 1.807) is 6.20 Å². The summed E-state index contributed by atoms with van der Waals surface area (Å²) in [4.78, 5) is 20.1. The minimum Gasteiger partial charge on any atom is -0.328 e. The Balaban J connectivity index is 1.68. The van der Waals surface area contributed by atoms with Crippen LogP contribution in [0.2, 0.25) is 0 Å². The first-order valence-corrected chi connectivity index (χ1v) is 8.92. The molecular weight excluding hydrogens is 290 g/mol. The van der Waals surface area contributed by atoms with Crippen molar-refractivity contribution in [3.63, 3.8) is 0 Å². The van der Waals surface area contributed by atoms with Gasteiger partial charge in [0.25, 0.3) is 5.56 Å². The summed E-state index contributed by atoms with van der Waals surface area (Å²) in [7, 11) is 0. The Bertz CT molecular complexity index is 743. The highest BCUT2D eigenvalue weighted by Crippen LogP contribution is 2.30. The third-order valence-electron chi connectivity index (χ3n) is 5.50. The molecule has 0 aromatic carbocycles. The van der Waals surface area contributed by atoms with Gasteiger partial charge >= 0.3 is 0 Å². The zero-order valence-corrected chi connectivity index (χ0v) is 13.5. The Morgan fingerprint density at radius 3 is 2.83 bits per heavy atom. The molecule has 4 rings (SSSR count). The van der Waals surface area contributed by atoms with E-state index in [2.05, 4.69) is 10.1 Å². The van der Waals surface area contributed by atoms with Gasteiger partial charge < -0.3 is 10.7 Å². The molecule has 2 aromatic heterocycles. The second-order valence-corrected chi connectivity index (χ2v) is 7.27. The molecule has 2 fully saturated rings. The van der Waals surface area contributed by atoms with E-state index < -0.39 is 0 Å². The molecule has 6 heteroatoms. The van der Waals surface area contributed by atoms with E-state index in [0.29, 0.717) is 11.3 Å². The third kappa shape index (κ3) is 2.92. The number of rotatable bonds is 3. The van der Waals surface area contributed by atoms with Gasteiger partial charge in [0.1, 0.15) is 11.2 Å². The maximum Gasteiger partial charge on any atom is 0.262 e. The average Bonchev–Trinajstić information content (AvgIpc) is 3.17. The first kappa shape index (κ1) is 14.9. The van der Waals surface area contributed by atoms with Crippen molar-refractivity contribution in [1.29, 1.82) is 0 Å². The van der Waals surface area contributed by atoms with Gasteiger partial charge in [-0.2, -0.15) is 5.10 Å². The number of nitrogens with zero attached hydrogens (tertiary/aromatic N) is 3. The minimum absolute atomic E-state index is 0.0608. The number of hydrogen-bond acceptors (Lipinski definition) is 4. The van der Waals surface area contributed by atoms with Gasteiger partial charge in [-0.15, -0.1) is 0 Å². The summed E-state index contributed by atoms with van der Waals surface area (Å²) in [6.45, 7) is 0. The van der Waals surface area contributed by atoms with Crippen LogP contribution in [-0.2, 0) is 6.42 Å². The predicted molar refractivity (Wildman–Crippen MR) is 89.3 cm³/mol. The Hall–Kier alpha value is -1.69. The number of nitrogens with two attached hydrogens (primary N) is 1. The van der Waals surface area contributed by atoms with E-state index in [1.165, 1.54) is 25.7 Å². The van der Waals surface area contributed by atoms with Crippen LogP contribution >= 0.6 is 0 Å². The fourth-order valence-corrected chi connectivity index (χ4v) is 4.26. The molecule has 2 aliphatic carbocycles. The monoisotopic (exact) mass is 315 g/mol. The number of H-pyrrole nitrogens is 1. The standard InChI is InChI=1S/C17H25N5O/c18-12-6-3-7-13(9-12)22-16-14(10-19-22)17(23)21-15(20-16)8-11-4-1-2-5-11/h10-13H,1-9,18H2,(H,20,21,23)/t12-,13+/m0/s1. The number of nitrogens with one attached hydrogen (secondary N) is 1. The molecule has 6 nitrogen and oxygen atoms in total. The van der Waals surface area contributed by atoms with Crippen LogP contribution in [0.5, 0.6) is 0 Å². The minimum atomic E-state index is -0.0608. The molecule has 2 saturated carbocycles. The largest absolute Gasteiger partial charge is 0.328 e. The molecule has 23 heavy (non-hydrogen) atoms. The molecule has 0 unspecified atom stereocenters. The molecule has 0 bridgehead atoms. The number of aromatic amines is 1. The van der Waals surface area contributed by atoms with Crippen molar-refractivity contribution in [3.05, 3.63) is 22.4 Å². The second kappa shape index (κ2) is 6.07. The molecule has 0 radical (unpaired) electrons. The van der Waals surface area contributed by atoms with Gasteiger partial charge in [-0.3, -0.25) is 4.79 Å².